The Morgan fingerprint density at radius 2 is 1.82 bits per heavy atom. The summed E-state index contributed by atoms with van der Waals surface area (Å²) in [5.74, 6) is 0. The van der Waals surface area contributed by atoms with Crippen LogP contribution >= 0.6 is 15.9 Å². The molecule has 0 heterocycles. The number of allylic oxidation sites excluding steroid dienone is 2. The zero-order valence-electron chi connectivity index (χ0n) is 7.65. The van der Waals surface area contributed by atoms with Crippen molar-refractivity contribution in [3.63, 3.8) is 0 Å². The van der Waals surface area contributed by atoms with Gasteiger partial charge in [-0.15, -0.1) is 0 Å². The fourth-order valence-electron chi connectivity index (χ4n) is 1.31. The molecular formula is C10H17Br. The van der Waals surface area contributed by atoms with Gasteiger partial charge in [0.25, 0.3) is 0 Å². The lowest BCUT2D eigenvalue weighted by atomic mass is 9.73. The van der Waals surface area contributed by atoms with Crippen molar-refractivity contribution in [3.8, 4) is 0 Å². The molecule has 0 bridgehead atoms. The summed E-state index contributed by atoms with van der Waals surface area (Å²) in [5, 5.41) is 1.09. The van der Waals surface area contributed by atoms with Crippen LogP contribution in [-0.2, 0) is 0 Å². The fraction of sp³-hybridized carbons (Fsp3) is 0.800. The molecule has 1 rings (SSSR count). The second kappa shape index (κ2) is 2.93. The molecule has 1 heteroatoms. The van der Waals surface area contributed by atoms with Crippen molar-refractivity contribution in [1.82, 2.24) is 0 Å². The third-order valence-electron chi connectivity index (χ3n) is 2.58. The van der Waals surface area contributed by atoms with E-state index in [1.807, 2.05) is 0 Å². The van der Waals surface area contributed by atoms with Crippen LogP contribution in [-0.4, -0.2) is 5.33 Å². The largest absolute Gasteiger partial charge is 0.0919 e. The van der Waals surface area contributed by atoms with Crippen molar-refractivity contribution in [2.75, 3.05) is 5.33 Å². The normalized spacial score (nSPS) is 35.6. The molecule has 1 aliphatic rings. The summed E-state index contributed by atoms with van der Waals surface area (Å²) in [5.41, 5.74) is 0.844. The summed E-state index contributed by atoms with van der Waals surface area (Å²) in [4.78, 5) is 0. The molecule has 0 N–H and O–H groups in total. The standard InChI is InChI=1S/C10H17Br/c1-9(2)4-6-10(3,8-11)7-5-9/h4,6H,5,7-8H2,1-3H3. The van der Waals surface area contributed by atoms with Gasteiger partial charge in [0.15, 0.2) is 0 Å². The highest BCUT2D eigenvalue weighted by atomic mass is 79.9. The molecule has 1 unspecified atom stereocenters. The number of hydrogen-bond donors (Lipinski definition) is 0. The van der Waals surface area contributed by atoms with Gasteiger partial charge in [0, 0.05) is 5.33 Å². The molecule has 0 aromatic rings. The summed E-state index contributed by atoms with van der Waals surface area (Å²) in [6.45, 7) is 6.92. The lowest BCUT2D eigenvalue weighted by Crippen LogP contribution is -2.24. The zero-order valence-corrected chi connectivity index (χ0v) is 9.24. The first-order valence-corrected chi connectivity index (χ1v) is 5.36. The summed E-state index contributed by atoms with van der Waals surface area (Å²) in [6, 6.07) is 0. The smallest absolute Gasteiger partial charge is 0.0120 e. The topological polar surface area (TPSA) is 0 Å². The van der Waals surface area contributed by atoms with Crippen LogP contribution in [0.4, 0.5) is 0 Å². The van der Waals surface area contributed by atoms with Crippen LogP contribution in [0.2, 0.25) is 0 Å². The van der Waals surface area contributed by atoms with E-state index in [4.69, 9.17) is 0 Å². The van der Waals surface area contributed by atoms with E-state index in [1.165, 1.54) is 12.8 Å². The van der Waals surface area contributed by atoms with Gasteiger partial charge >= 0.3 is 0 Å². The minimum Gasteiger partial charge on any atom is -0.0919 e. The Balaban J connectivity index is 2.70. The Morgan fingerprint density at radius 3 is 2.18 bits per heavy atom. The maximum Gasteiger partial charge on any atom is 0.0120 e. The van der Waals surface area contributed by atoms with E-state index < -0.39 is 0 Å². The number of alkyl halides is 1. The van der Waals surface area contributed by atoms with Crippen molar-refractivity contribution < 1.29 is 0 Å². The molecule has 11 heavy (non-hydrogen) atoms. The third kappa shape index (κ3) is 2.33. The van der Waals surface area contributed by atoms with E-state index in [0.717, 1.165) is 5.33 Å². The minimum absolute atomic E-state index is 0.412. The molecule has 1 aliphatic carbocycles. The number of halogens is 1. The highest BCUT2D eigenvalue weighted by Gasteiger charge is 2.28. The van der Waals surface area contributed by atoms with Gasteiger partial charge in [-0.05, 0) is 23.7 Å². The van der Waals surface area contributed by atoms with Gasteiger partial charge < -0.3 is 0 Å². The van der Waals surface area contributed by atoms with Crippen LogP contribution in [0, 0.1) is 10.8 Å². The summed E-state index contributed by atoms with van der Waals surface area (Å²) in [6.07, 6.45) is 7.34. The maximum atomic E-state index is 3.55. The van der Waals surface area contributed by atoms with Gasteiger partial charge in [0.1, 0.15) is 0 Å². The summed E-state index contributed by atoms with van der Waals surface area (Å²) < 4.78 is 0. The van der Waals surface area contributed by atoms with Crippen LogP contribution in [0.3, 0.4) is 0 Å². The SMILES string of the molecule is CC1(C)C=CC(C)(CBr)CC1. The predicted octanol–water partition coefficient (Wildman–Crippen LogP) is 3.76. The zero-order chi connectivity index (χ0) is 8.54. The van der Waals surface area contributed by atoms with E-state index in [9.17, 15) is 0 Å². The van der Waals surface area contributed by atoms with E-state index >= 15 is 0 Å². The van der Waals surface area contributed by atoms with Gasteiger partial charge in [-0.3, -0.25) is 0 Å². The Labute approximate surface area is 78.2 Å². The Morgan fingerprint density at radius 1 is 1.18 bits per heavy atom. The average molecular weight is 217 g/mol. The van der Waals surface area contributed by atoms with Crippen LogP contribution in [0.5, 0.6) is 0 Å². The van der Waals surface area contributed by atoms with Crippen molar-refractivity contribution in [3.05, 3.63) is 12.2 Å². The van der Waals surface area contributed by atoms with Crippen molar-refractivity contribution in [1.29, 1.82) is 0 Å². The highest BCUT2D eigenvalue weighted by Crippen LogP contribution is 2.39. The molecule has 0 saturated carbocycles. The lowest BCUT2D eigenvalue weighted by molar-refractivity contribution is 0.305. The van der Waals surface area contributed by atoms with Crippen molar-refractivity contribution in [2.24, 2.45) is 10.8 Å². The molecule has 0 amide bonds. The van der Waals surface area contributed by atoms with E-state index in [0.29, 0.717) is 10.8 Å². The quantitative estimate of drug-likeness (QED) is 0.463. The van der Waals surface area contributed by atoms with Crippen molar-refractivity contribution in [2.45, 2.75) is 33.6 Å². The molecular weight excluding hydrogens is 200 g/mol. The second-order valence-electron chi connectivity index (χ2n) is 4.61. The molecule has 0 aromatic heterocycles. The van der Waals surface area contributed by atoms with E-state index in [-0.39, 0.29) is 0 Å². The lowest BCUT2D eigenvalue weighted by Gasteiger charge is -2.34. The third-order valence-corrected chi connectivity index (χ3v) is 3.86. The molecule has 0 aliphatic heterocycles. The first kappa shape index (κ1) is 9.31. The molecule has 0 radical (unpaired) electrons. The molecule has 1 atom stereocenters. The molecule has 0 saturated heterocycles. The van der Waals surface area contributed by atoms with Gasteiger partial charge in [0.2, 0.25) is 0 Å². The first-order valence-electron chi connectivity index (χ1n) is 4.24. The van der Waals surface area contributed by atoms with Gasteiger partial charge in [-0.1, -0.05) is 48.9 Å². The Kier molecular flexibility index (Phi) is 2.48. The highest BCUT2D eigenvalue weighted by molar-refractivity contribution is 9.09. The molecule has 0 nitrogen and oxygen atoms in total. The second-order valence-corrected chi connectivity index (χ2v) is 5.17. The number of hydrogen-bond acceptors (Lipinski definition) is 0. The van der Waals surface area contributed by atoms with Crippen LogP contribution in [0.25, 0.3) is 0 Å². The fourth-order valence-corrected chi connectivity index (χ4v) is 1.78. The summed E-state index contributed by atoms with van der Waals surface area (Å²) in [7, 11) is 0. The summed E-state index contributed by atoms with van der Waals surface area (Å²) >= 11 is 3.55. The predicted molar refractivity (Wildman–Crippen MR) is 54.1 cm³/mol. The number of rotatable bonds is 1. The van der Waals surface area contributed by atoms with Gasteiger partial charge in [0.05, 0.1) is 0 Å². The van der Waals surface area contributed by atoms with E-state index in [2.05, 4.69) is 48.9 Å². The Bertz CT molecular complexity index is 170. The molecule has 0 spiro atoms. The van der Waals surface area contributed by atoms with Gasteiger partial charge in [-0.2, -0.15) is 0 Å². The van der Waals surface area contributed by atoms with Crippen molar-refractivity contribution >= 4 is 15.9 Å². The van der Waals surface area contributed by atoms with Gasteiger partial charge in [-0.25, -0.2) is 0 Å². The van der Waals surface area contributed by atoms with Crippen LogP contribution < -0.4 is 0 Å². The average Bonchev–Trinajstić information content (AvgIpc) is 1.97. The first-order chi connectivity index (χ1) is 4.97. The molecule has 0 aromatic carbocycles. The van der Waals surface area contributed by atoms with Crippen LogP contribution in [0.1, 0.15) is 33.6 Å². The minimum atomic E-state index is 0.412. The van der Waals surface area contributed by atoms with Crippen LogP contribution in [0.15, 0.2) is 12.2 Å². The Hall–Kier alpha value is 0.220. The van der Waals surface area contributed by atoms with E-state index in [1.54, 1.807) is 0 Å². The monoisotopic (exact) mass is 216 g/mol. The molecule has 0 fully saturated rings. The molecule has 64 valence electrons. The maximum absolute atomic E-state index is 3.55.